The van der Waals surface area contributed by atoms with E-state index in [1.54, 1.807) is 19.9 Å². The van der Waals surface area contributed by atoms with Crippen LogP contribution in [0.25, 0.3) is 0 Å². The number of benzene rings is 1. The number of ether oxygens (including phenoxy) is 2. The van der Waals surface area contributed by atoms with Crippen molar-refractivity contribution in [1.82, 2.24) is 0 Å². The fraction of sp³-hybridized carbons (Fsp3) is 0.500. The normalized spacial score (nSPS) is 18.2. The van der Waals surface area contributed by atoms with Gasteiger partial charge in [-0.25, -0.2) is 8.42 Å². The first-order valence-corrected chi connectivity index (χ1v) is 7.36. The first kappa shape index (κ1) is 13.2. The van der Waals surface area contributed by atoms with Crippen LogP contribution < -0.4 is 15.2 Å². The number of rotatable bonds is 3. The molecule has 1 heterocycles. The van der Waals surface area contributed by atoms with Crippen molar-refractivity contribution in [3.63, 3.8) is 0 Å². The second kappa shape index (κ2) is 4.78. The van der Waals surface area contributed by atoms with Crippen molar-refractivity contribution in [3.8, 4) is 11.5 Å². The van der Waals surface area contributed by atoms with Crippen molar-refractivity contribution < 1.29 is 17.9 Å². The Kier molecular flexibility index (Phi) is 3.49. The quantitative estimate of drug-likeness (QED) is 0.886. The van der Waals surface area contributed by atoms with E-state index in [-0.39, 0.29) is 4.90 Å². The number of hydrogen-bond acceptors (Lipinski definition) is 5. The van der Waals surface area contributed by atoms with Crippen LogP contribution in [-0.4, -0.2) is 32.9 Å². The monoisotopic (exact) mass is 271 g/mol. The lowest BCUT2D eigenvalue weighted by atomic mass is 10.3. The van der Waals surface area contributed by atoms with Gasteiger partial charge in [-0.2, -0.15) is 0 Å². The maximum Gasteiger partial charge on any atom is 0.182 e. The van der Waals surface area contributed by atoms with E-state index in [9.17, 15) is 8.42 Å². The van der Waals surface area contributed by atoms with E-state index in [1.165, 1.54) is 12.1 Å². The predicted molar refractivity (Wildman–Crippen MR) is 67.7 cm³/mol. The van der Waals surface area contributed by atoms with Gasteiger partial charge in [0.15, 0.2) is 21.3 Å². The zero-order valence-electron chi connectivity index (χ0n) is 10.4. The molecular weight excluding hydrogens is 254 g/mol. The predicted octanol–water partition coefficient (Wildman–Crippen LogP) is 0.967. The van der Waals surface area contributed by atoms with Gasteiger partial charge in [-0.3, -0.25) is 0 Å². The molecule has 0 amide bonds. The highest BCUT2D eigenvalue weighted by atomic mass is 32.2. The number of hydrogen-bond donors (Lipinski definition) is 1. The van der Waals surface area contributed by atoms with Gasteiger partial charge in [0.05, 0.1) is 10.1 Å². The van der Waals surface area contributed by atoms with Gasteiger partial charge in [0, 0.05) is 12.1 Å². The maximum absolute atomic E-state index is 12.3. The molecule has 100 valence electrons. The molecule has 1 aromatic carbocycles. The summed E-state index contributed by atoms with van der Waals surface area (Å²) in [6.07, 6.45) is 0. The van der Waals surface area contributed by atoms with Crippen LogP contribution in [0.3, 0.4) is 0 Å². The van der Waals surface area contributed by atoms with E-state index in [0.29, 0.717) is 24.7 Å². The Morgan fingerprint density at radius 2 is 1.78 bits per heavy atom. The molecule has 0 bridgehead atoms. The largest absolute Gasteiger partial charge is 0.486 e. The van der Waals surface area contributed by atoms with Crippen LogP contribution in [0, 0.1) is 0 Å². The second-order valence-corrected chi connectivity index (χ2v) is 6.72. The number of sulfone groups is 1. The third kappa shape index (κ3) is 2.30. The average Bonchev–Trinajstić information content (AvgIpc) is 2.37. The highest BCUT2D eigenvalue weighted by Crippen LogP contribution is 2.33. The molecule has 0 aromatic heterocycles. The Labute approximate surface area is 107 Å². The van der Waals surface area contributed by atoms with Crippen molar-refractivity contribution in [2.45, 2.75) is 30.0 Å². The molecule has 0 saturated heterocycles. The third-order valence-electron chi connectivity index (χ3n) is 3.07. The fourth-order valence-corrected chi connectivity index (χ4v) is 3.22. The Bertz CT molecular complexity index is 539. The van der Waals surface area contributed by atoms with Gasteiger partial charge >= 0.3 is 0 Å². The minimum Gasteiger partial charge on any atom is -0.486 e. The molecule has 18 heavy (non-hydrogen) atoms. The topological polar surface area (TPSA) is 78.6 Å². The molecule has 2 rings (SSSR count). The van der Waals surface area contributed by atoms with Crippen molar-refractivity contribution in [3.05, 3.63) is 18.2 Å². The molecule has 2 atom stereocenters. The summed E-state index contributed by atoms with van der Waals surface area (Å²) in [5.74, 6) is 1.05. The molecule has 0 radical (unpaired) electrons. The Morgan fingerprint density at radius 3 is 2.39 bits per heavy atom. The van der Waals surface area contributed by atoms with Gasteiger partial charge in [-0.15, -0.1) is 0 Å². The summed E-state index contributed by atoms with van der Waals surface area (Å²) >= 11 is 0. The van der Waals surface area contributed by atoms with Gasteiger partial charge < -0.3 is 15.2 Å². The van der Waals surface area contributed by atoms with E-state index >= 15 is 0 Å². The number of fused-ring (bicyclic) bond motifs is 1. The van der Waals surface area contributed by atoms with Gasteiger partial charge in [-0.1, -0.05) is 0 Å². The highest BCUT2D eigenvalue weighted by Gasteiger charge is 2.27. The lowest BCUT2D eigenvalue weighted by Crippen LogP contribution is -2.35. The van der Waals surface area contributed by atoms with Crippen LogP contribution in [0.5, 0.6) is 11.5 Å². The van der Waals surface area contributed by atoms with E-state index in [1.807, 2.05) is 0 Å². The lowest BCUT2D eigenvalue weighted by Gasteiger charge is -2.21. The molecule has 1 aliphatic rings. The summed E-state index contributed by atoms with van der Waals surface area (Å²) in [5, 5.41) is -0.639. The van der Waals surface area contributed by atoms with Crippen LogP contribution in [0.2, 0.25) is 0 Å². The van der Waals surface area contributed by atoms with Gasteiger partial charge in [0.25, 0.3) is 0 Å². The van der Waals surface area contributed by atoms with E-state index < -0.39 is 21.1 Å². The van der Waals surface area contributed by atoms with Crippen LogP contribution in [0.1, 0.15) is 13.8 Å². The zero-order chi connectivity index (χ0) is 13.3. The van der Waals surface area contributed by atoms with Gasteiger partial charge in [-0.05, 0) is 26.0 Å². The van der Waals surface area contributed by atoms with Gasteiger partial charge in [0.1, 0.15) is 13.2 Å². The first-order chi connectivity index (χ1) is 8.43. The minimum atomic E-state index is -3.43. The van der Waals surface area contributed by atoms with Crippen molar-refractivity contribution in [2.75, 3.05) is 13.2 Å². The minimum absolute atomic E-state index is 0.219. The summed E-state index contributed by atoms with van der Waals surface area (Å²) in [4.78, 5) is 0.219. The molecule has 1 aromatic rings. The lowest BCUT2D eigenvalue weighted by molar-refractivity contribution is 0.171. The third-order valence-corrected chi connectivity index (χ3v) is 5.39. The van der Waals surface area contributed by atoms with Crippen molar-refractivity contribution in [2.24, 2.45) is 5.73 Å². The summed E-state index contributed by atoms with van der Waals surface area (Å²) in [6, 6.07) is 4.22. The summed E-state index contributed by atoms with van der Waals surface area (Å²) in [7, 11) is -3.43. The van der Waals surface area contributed by atoms with Crippen LogP contribution >= 0.6 is 0 Å². The molecule has 5 nitrogen and oxygen atoms in total. The average molecular weight is 271 g/mol. The first-order valence-electron chi connectivity index (χ1n) is 5.82. The second-order valence-electron chi connectivity index (χ2n) is 4.41. The molecule has 2 N–H and O–H groups in total. The highest BCUT2D eigenvalue weighted by molar-refractivity contribution is 7.92. The molecule has 1 aliphatic heterocycles. The molecule has 0 aliphatic carbocycles. The molecule has 6 heteroatoms. The summed E-state index contributed by atoms with van der Waals surface area (Å²) < 4.78 is 35.3. The van der Waals surface area contributed by atoms with Crippen LogP contribution in [-0.2, 0) is 9.84 Å². The van der Waals surface area contributed by atoms with Gasteiger partial charge in [0.2, 0.25) is 0 Å². The smallest absolute Gasteiger partial charge is 0.182 e. The molecule has 0 fully saturated rings. The number of nitrogens with two attached hydrogens (primary N) is 1. The van der Waals surface area contributed by atoms with Crippen molar-refractivity contribution in [1.29, 1.82) is 0 Å². The fourth-order valence-electron chi connectivity index (χ4n) is 1.70. The van der Waals surface area contributed by atoms with Crippen LogP contribution in [0.4, 0.5) is 0 Å². The van der Waals surface area contributed by atoms with Crippen LogP contribution in [0.15, 0.2) is 23.1 Å². The molecular formula is C12H17NO4S. The van der Waals surface area contributed by atoms with E-state index in [0.717, 1.165) is 0 Å². The van der Waals surface area contributed by atoms with E-state index in [4.69, 9.17) is 15.2 Å². The Hall–Kier alpha value is -1.27. The zero-order valence-corrected chi connectivity index (χ0v) is 11.2. The molecule has 0 spiro atoms. The summed E-state index contributed by atoms with van der Waals surface area (Å²) in [5.41, 5.74) is 5.66. The van der Waals surface area contributed by atoms with Crippen molar-refractivity contribution >= 4 is 9.84 Å². The molecule has 2 unspecified atom stereocenters. The molecule has 0 saturated carbocycles. The Balaban J connectivity index is 2.40. The maximum atomic E-state index is 12.3. The Morgan fingerprint density at radius 1 is 1.17 bits per heavy atom. The SMILES string of the molecule is CC(N)C(C)S(=O)(=O)c1ccc2c(c1)OCCO2. The van der Waals surface area contributed by atoms with E-state index in [2.05, 4.69) is 0 Å². The standard InChI is InChI=1S/C12H17NO4S/c1-8(13)9(2)18(14,15)10-3-4-11-12(7-10)17-6-5-16-11/h3-4,7-9H,5-6,13H2,1-2H3. The summed E-state index contributed by atoms with van der Waals surface area (Å²) in [6.45, 7) is 4.20.